The van der Waals surface area contributed by atoms with E-state index in [4.69, 9.17) is 0 Å². The summed E-state index contributed by atoms with van der Waals surface area (Å²) in [4.78, 5) is 2.35. The molecular weight excluding hydrogens is 202 g/mol. The van der Waals surface area contributed by atoms with Crippen LogP contribution in [0.25, 0.3) is 0 Å². The van der Waals surface area contributed by atoms with Crippen molar-refractivity contribution in [2.24, 2.45) is 0 Å². The van der Waals surface area contributed by atoms with Gasteiger partial charge in [0.1, 0.15) is 0 Å². The molecule has 1 aliphatic heterocycles. The maximum atomic E-state index is 9.25. The molecule has 1 saturated heterocycles. The first-order valence-corrected chi connectivity index (χ1v) is 6.08. The topological polar surface area (TPSA) is 41.3 Å². The maximum absolute atomic E-state index is 9.25. The third kappa shape index (κ3) is 2.44. The Balaban J connectivity index is 1.97. The zero-order valence-electron chi connectivity index (χ0n) is 10.1. The highest BCUT2D eigenvalue weighted by atomic mass is 16.3. The van der Waals surface area contributed by atoms with Gasteiger partial charge in [-0.1, -0.05) is 0 Å². The highest BCUT2D eigenvalue weighted by Crippen LogP contribution is 2.19. The summed E-state index contributed by atoms with van der Waals surface area (Å²) < 4.78 is 1.99. The summed E-state index contributed by atoms with van der Waals surface area (Å²) in [5.41, 5.74) is 1.24. The number of nitrogens with zero attached hydrogens (tertiary/aromatic N) is 3. The van der Waals surface area contributed by atoms with Gasteiger partial charge in [-0.2, -0.15) is 5.10 Å². The van der Waals surface area contributed by atoms with Crippen molar-refractivity contribution >= 4 is 0 Å². The molecule has 0 saturated carbocycles. The van der Waals surface area contributed by atoms with E-state index in [1.54, 1.807) is 0 Å². The van der Waals surface area contributed by atoms with Gasteiger partial charge in [-0.15, -0.1) is 0 Å². The molecule has 16 heavy (non-hydrogen) atoms. The monoisotopic (exact) mass is 223 g/mol. The van der Waals surface area contributed by atoms with E-state index in [0.29, 0.717) is 12.1 Å². The Morgan fingerprint density at radius 3 is 3.00 bits per heavy atom. The molecule has 1 N–H and O–H groups in total. The van der Waals surface area contributed by atoms with Crippen LogP contribution in [0.2, 0.25) is 0 Å². The molecule has 0 aromatic carbocycles. The molecule has 2 heterocycles. The van der Waals surface area contributed by atoms with Gasteiger partial charge in [0, 0.05) is 30.4 Å². The minimum atomic E-state index is 0.276. The summed E-state index contributed by atoms with van der Waals surface area (Å²) >= 11 is 0. The van der Waals surface area contributed by atoms with Crippen LogP contribution >= 0.6 is 0 Å². The molecule has 1 atom stereocenters. The van der Waals surface area contributed by atoms with Crippen molar-refractivity contribution in [1.82, 2.24) is 14.7 Å². The lowest BCUT2D eigenvalue weighted by Gasteiger charge is -2.21. The van der Waals surface area contributed by atoms with Crippen LogP contribution in [0.4, 0.5) is 0 Å². The predicted octanol–water partition coefficient (Wildman–Crippen LogP) is 1.42. The van der Waals surface area contributed by atoms with Crippen LogP contribution < -0.4 is 0 Å². The SMILES string of the molecule is CC(C)n1cc(CN2CCC[C@H]2CO)cn1. The molecule has 4 heteroatoms. The van der Waals surface area contributed by atoms with Crippen LogP contribution in [0.3, 0.4) is 0 Å². The molecule has 0 unspecified atom stereocenters. The quantitative estimate of drug-likeness (QED) is 0.839. The van der Waals surface area contributed by atoms with Gasteiger partial charge < -0.3 is 5.11 Å². The van der Waals surface area contributed by atoms with E-state index in [1.165, 1.54) is 12.0 Å². The summed E-state index contributed by atoms with van der Waals surface area (Å²) in [5, 5.41) is 13.6. The van der Waals surface area contributed by atoms with Crippen molar-refractivity contribution in [2.75, 3.05) is 13.2 Å². The van der Waals surface area contributed by atoms with Crippen molar-refractivity contribution in [2.45, 2.75) is 45.3 Å². The van der Waals surface area contributed by atoms with Crippen LogP contribution in [-0.2, 0) is 6.54 Å². The van der Waals surface area contributed by atoms with Gasteiger partial charge in [-0.3, -0.25) is 9.58 Å². The molecule has 4 nitrogen and oxygen atoms in total. The fourth-order valence-corrected chi connectivity index (χ4v) is 2.29. The number of aliphatic hydroxyl groups excluding tert-OH is 1. The summed E-state index contributed by atoms with van der Waals surface area (Å²) in [5.74, 6) is 0. The third-order valence-corrected chi connectivity index (χ3v) is 3.28. The fraction of sp³-hybridized carbons (Fsp3) is 0.750. The smallest absolute Gasteiger partial charge is 0.0587 e. The number of aromatic nitrogens is 2. The molecule has 1 aromatic heterocycles. The predicted molar refractivity (Wildman–Crippen MR) is 63.1 cm³/mol. The Hall–Kier alpha value is -0.870. The second-order valence-corrected chi connectivity index (χ2v) is 4.87. The van der Waals surface area contributed by atoms with E-state index >= 15 is 0 Å². The first kappa shape index (κ1) is 11.6. The van der Waals surface area contributed by atoms with Crippen molar-refractivity contribution in [3.63, 3.8) is 0 Å². The van der Waals surface area contributed by atoms with Crippen molar-refractivity contribution in [3.05, 3.63) is 18.0 Å². The van der Waals surface area contributed by atoms with Crippen LogP contribution in [0.15, 0.2) is 12.4 Å². The van der Waals surface area contributed by atoms with E-state index in [2.05, 4.69) is 30.0 Å². The average Bonchev–Trinajstić information content (AvgIpc) is 2.87. The molecule has 1 aromatic rings. The normalized spacial score (nSPS) is 22.1. The first-order chi connectivity index (χ1) is 7.70. The molecule has 2 rings (SSSR count). The second kappa shape index (κ2) is 4.97. The second-order valence-electron chi connectivity index (χ2n) is 4.87. The molecule has 0 bridgehead atoms. The number of rotatable bonds is 4. The Labute approximate surface area is 96.9 Å². The average molecular weight is 223 g/mol. The minimum absolute atomic E-state index is 0.276. The molecule has 90 valence electrons. The summed E-state index contributed by atoms with van der Waals surface area (Å²) in [6.07, 6.45) is 6.36. The zero-order valence-corrected chi connectivity index (χ0v) is 10.1. The molecule has 0 amide bonds. The molecule has 1 aliphatic rings. The van der Waals surface area contributed by atoms with Gasteiger partial charge in [0.2, 0.25) is 0 Å². The maximum Gasteiger partial charge on any atom is 0.0587 e. The molecule has 0 radical (unpaired) electrons. The Bertz CT molecular complexity index is 335. The summed E-state index contributed by atoms with van der Waals surface area (Å²) in [6.45, 7) is 6.54. The van der Waals surface area contributed by atoms with Gasteiger partial charge in [-0.05, 0) is 33.2 Å². The van der Waals surface area contributed by atoms with Crippen LogP contribution in [0, 0.1) is 0 Å². The van der Waals surface area contributed by atoms with E-state index in [0.717, 1.165) is 19.5 Å². The largest absolute Gasteiger partial charge is 0.395 e. The Kier molecular flexibility index (Phi) is 3.61. The highest BCUT2D eigenvalue weighted by Gasteiger charge is 2.23. The fourth-order valence-electron chi connectivity index (χ4n) is 2.29. The highest BCUT2D eigenvalue weighted by molar-refractivity contribution is 5.05. The number of hydrogen-bond donors (Lipinski definition) is 1. The summed E-state index contributed by atoms with van der Waals surface area (Å²) in [6, 6.07) is 0.767. The van der Waals surface area contributed by atoms with Crippen LogP contribution in [0.1, 0.15) is 38.3 Å². The molecule has 1 fully saturated rings. The Morgan fingerprint density at radius 1 is 1.56 bits per heavy atom. The number of hydrogen-bond acceptors (Lipinski definition) is 3. The van der Waals surface area contributed by atoms with E-state index < -0.39 is 0 Å². The van der Waals surface area contributed by atoms with Gasteiger partial charge in [0.25, 0.3) is 0 Å². The van der Waals surface area contributed by atoms with E-state index in [1.807, 2.05) is 10.9 Å². The lowest BCUT2D eigenvalue weighted by Crippen LogP contribution is -2.31. The number of likely N-dealkylation sites (tertiary alicyclic amines) is 1. The van der Waals surface area contributed by atoms with Crippen LogP contribution in [0.5, 0.6) is 0 Å². The van der Waals surface area contributed by atoms with Crippen LogP contribution in [-0.4, -0.2) is 39.0 Å². The molecule has 0 spiro atoms. The van der Waals surface area contributed by atoms with Crippen molar-refractivity contribution < 1.29 is 5.11 Å². The third-order valence-electron chi connectivity index (χ3n) is 3.28. The lowest BCUT2D eigenvalue weighted by atomic mass is 10.2. The first-order valence-electron chi connectivity index (χ1n) is 6.08. The van der Waals surface area contributed by atoms with Gasteiger partial charge >= 0.3 is 0 Å². The van der Waals surface area contributed by atoms with Crippen molar-refractivity contribution in [1.29, 1.82) is 0 Å². The van der Waals surface area contributed by atoms with Gasteiger partial charge in [-0.25, -0.2) is 0 Å². The standard InChI is InChI=1S/C12H21N3O/c1-10(2)15-8-11(6-13-15)7-14-5-3-4-12(14)9-16/h6,8,10,12,16H,3-5,7,9H2,1-2H3/t12-/m0/s1. The van der Waals surface area contributed by atoms with E-state index in [-0.39, 0.29) is 6.61 Å². The van der Waals surface area contributed by atoms with Gasteiger partial charge in [0.15, 0.2) is 0 Å². The Morgan fingerprint density at radius 2 is 2.38 bits per heavy atom. The summed E-state index contributed by atoms with van der Waals surface area (Å²) in [7, 11) is 0. The van der Waals surface area contributed by atoms with Gasteiger partial charge in [0.05, 0.1) is 12.8 Å². The lowest BCUT2D eigenvalue weighted by molar-refractivity contribution is 0.153. The minimum Gasteiger partial charge on any atom is -0.395 e. The number of aliphatic hydroxyl groups is 1. The van der Waals surface area contributed by atoms with Crippen molar-refractivity contribution in [3.8, 4) is 0 Å². The zero-order chi connectivity index (χ0) is 11.5. The molecular formula is C12H21N3O. The van der Waals surface area contributed by atoms with E-state index in [9.17, 15) is 5.11 Å². The molecule has 0 aliphatic carbocycles.